The maximum atomic E-state index is 12.5. The number of carbonyl (C=O) groups is 3. The second-order valence-electron chi connectivity index (χ2n) is 6.51. The number of amides is 2. The van der Waals surface area contributed by atoms with Crippen molar-refractivity contribution < 1.29 is 29.0 Å². The van der Waals surface area contributed by atoms with E-state index in [1.165, 1.54) is 16.9 Å². The average Bonchev–Trinajstić information content (AvgIpc) is 3.27. The van der Waals surface area contributed by atoms with E-state index in [1.807, 2.05) is 0 Å². The van der Waals surface area contributed by atoms with Crippen molar-refractivity contribution in [3.8, 4) is 11.5 Å². The molecular weight excluding hydrogens is 368 g/mol. The number of carbonyl (C=O) groups excluding carboxylic acids is 2. The highest BCUT2D eigenvalue weighted by atomic mass is 16.6. The summed E-state index contributed by atoms with van der Waals surface area (Å²) >= 11 is 0. The van der Waals surface area contributed by atoms with Crippen molar-refractivity contribution in [1.82, 2.24) is 9.78 Å². The number of benzene rings is 1. The number of hydrogen-bond donors (Lipinski definition) is 2. The van der Waals surface area contributed by atoms with Crippen LogP contribution in [0.1, 0.15) is 6.42 Å². The molecule has 0 spiro atoms. The lowest BCUT2D eigenvalue weighted by Gasteiger charge is -2.22. The number of carboxylic acid groups (broad SMARTS) is 1. The fourth-order valence-electron chi connectivity index (χ4n) is 3.22. The van der Waals surface area contributed by atoms with Crippen LogP contribution in [0.15, 0.2) is 30.5 Å². The van der Waals surface area contributed by atoms with Crippen LogP contribution >= 0.6 is 0 Å². The Bertz CT molecular complexity index is 940. The molecule has 0 radical (unpaired) electrons. The fourth-order valence-corrected chi connectivity index (χ4v) is 3.22. The first-order valence-electron chi connectivity index (χ1n) is 8.76. The van der Waals surface area contributed by atoms with Gasteiger partial charge in [0.05, 0.1) is 5.92 Å². The second-order valence-corrected chi connectivity index (χ2v) is 6.51. The topological polar surface area (TPSA) is 123 Å². The van der Waals surface area contributed by atoms with Gasteiger partial charge in [-0.25, -0.2) is 0 Å². The number of nitrogens with one attached hydrogen (secondary N) is 1. The Morgan fingerprint density at radius 1 is 1.21 bits per heavy atom. The molecule has 1 aromatic carbocycles. The molecule has 1 atom stereocenters. The number of ether oxygens (including phenoxy) is 2. The minimum absolute atomic E-state index is 0.0795. The van der Waals surface area contributed by atoms with Gasteiger partial charge in [-0.05, 0) is 12.1 Å². The summed E-state index contributed by atoms with van der Waals surface area (Å²) in [6.07, 6.45) is 1.54. The highest BCUT2D eigenvalue weighted by molar-refractivity contribution is 6.03. The molecule has 1 aromatic heterocycles. The number of hydrogen-bond acceptors (Lipinski definition) is 6. The molecule has 0 aliphatic carbocycles. The van der Waals surface area contributed by atoms with Crippen LogP contribution in [0.25, 0.3) is 0 Å². The molecule has 28 heavy (non-hydrogen) atoms. The molecule has 1 unspecified atom stereocenters. The fraction of sp³-hybridized carbons (Fsp3) is 0.333. The number of rotatable bonds is 5. The third-order valence-electron chi connectivity index (χ3n) is 4.52. The Hall–Kier alpha value is -3.56. The molecule has 0 bridgehead atoms. The molecule has 10 nitrogen and oxygen atoms in total. The second kappa shape index (κ2) is 7.22. The van der Waals surface area contributed by atoms with Crippen LogP contribution in [0, 0.1) is 5.92 Å². The van der Waals surface area contributed by atoms with Crippen molar-refractivity contribution in [3.63, 3.8) is 0 Å². The normalized spacial score (nSPS) is 18.2. The van der Waals surface area contributed by atoms with E-state index in [9.17, 15) is 14.4 Å². The summed E-state index contributed by atoms with van der Waals surface area (Å²) in [6, 6.07) is 6.76. The molecular formula is C18H18N4O6. The van der Waals surface area contributed by atoms with Crippen molar-refractivity contribution in [2.45, 2.75) is 13.0 Å². The molecule has 1 saturated heterocycles. The van der Waals surface area contributed by atoms with E-state index in [1.54, 1.807) is 23.1 Å². The van der Waals surface area contributed by atoms with Gasteiger partial charge < -0.3 is 24.8 Å². The Kier molecular flexibility index (Phi) is 4.60. The van der Waals surface area contributed by atoms with Crippen LogP contribution in [0.2, 0.25) is 0 Å². The van der Waals surface area contributed by atoms with E-state index in [4.69, 9.17) is 14.6 Å². The SMILES string of the molecule is O=C(O)Cn1ccc(NC(=O)C2CC(=O)N(c3ccc4c(c3)OCCO4)C2)n1. The van der Waals surface area contributed by atoms with Crippen LogP contribution in [-0.2, 0) is 20.9 Å². The van der Waals surface area contributed by atoms with Crippen LogP contribution in [0.5, 0.6) is 11.5 Å². The van der Waals surface area contributed by atoms with Crippen LogP contribution < -0.4 is 19.7 Å². The summed E-state index contributed by atoms with van der Waals surface area (Å²) in [6.45, 7) is 0.874. The third-order valence-corrected chi connectivity index (χ3v) is 4.52. The van der Waals surface area contributed by atoms with Gasteiger partial charge in [0, 0.05) is 37.0 Å². The van der Waals surface area contributed by atoms with E-state index in [0.29, 0.717) is 30.4 Å². The molecule has 146 valence electrons. The minimum Gasteiger partial charge on any atom is -0.486 e. The van der Waals surface area contributed by atoms with Crippen LogP contribution in [0.3, 0.4) is 0 Å². The summed E-state index contributed by atoms with van der Waals surface area (Å²) in [5, 5.41) is 15.4. The maximum absolute atomic E-state index is 12.5. The van der Waals surface area contributed by atoms with E-state index >= 15 is 0 Å². The number of anilines is 2. The molecule has 4 rings (SSSR count). The Morgan fingerprint density at radius 3 is 2.79 bits per heavy atom. The monoisotopic (exact) mass is 386 g/mol. The first-order chi connectivity index (χ1) is 13.5. The zero-order valence-corrected chi connectivity index (χ0v) is 14.8. The van der Waals surface area contributed by atoms with Crippen molar-refractivity contribution in [3.05, 3.63) is 30.5 Å². The lowest BCUT2D eigenvalue weighted by Crippen LogP contribution is -2.28. The molecule has 0 saturated carbocycles. The maximum Gasteiger partial charge on any atom is 0.325 e. The van der Waals surface area contributed by atoms with E-state index < -0.39 is 11.9 Å². The summed E-state index contributed by atoms with van der Waals surface area (Å²) in [4.78, 5) is 37.2. The molecule has 1 fully saturated rings. The van der Waals surface area contributed by atoms with Crippen molar-refractivity contribution in [2.75, 3.05) is 30.0 Å². The van der Waals surface area contributed by atoms with E-state index in [2.05, 4.69) is 10.4 Å². The van der Waals surface area contributed by atoms with E-state index in [-0.39, 0.29) is 37.1 Å². The highest BCUT2D eigenvalue weighted by Crippen LogP contribution is 2.36. The van der Waals surface area contributed by atoms with Gasteiger partial charge in [0.1, 0.15) is 19.8 Å². The Morgan fingerprint density at radius 2 is 2.00 bits per heavy atom. The van der Waals surface area contributed by atoms with Gasteiger partial charge in [-0.15, -0.1) is 0 Å². The minimum atomic E-state index is -1.03. The van der Waals surface area contributed by atoms with Crippen LogP contribution in [-0.4, -0.2) is 52.4 Å². The van der Waals surface area contributed by atoms with Crippen LogP contribution in [0.4, 0.5) is 11.5 Å². The van der Waals surface area contributed by atoms with Gasteiger partial charge in [0.25, 0.3) is 0 Å². The summed E-state index contributed by atoms with van der Waals surface area (Å²) in [5.74, 6) is -0.609. The van der Waals surface area contributed by atoms with Crippen molar-refractivity contribution in [1.29, 1.82) is 0 Å². The largest absolute Gasteiger partial charge is 0.486 e. The number of aromatic nitrogens is 2. The molecule has 2 N–H and O–H groups in total. The molecule has 10 heteroatoms. The molecule has 2 amide bonds. The first-order valence-corrected chi connectivity index (χ1v) is 8.76. The van der Waals surface area contributed by atoms with Gasteiger partial charge in [-0.1, -0.05) is 0 Å². The third kappa shape index (κ3) is 3.61. The van der Waals surface area contributed by atoms with Gasteiger partial charge in [0.15, 0.2) is 17.3 Å². The lowest BCUT2D eigenvalue weighted by molar-refractivity contribution is -0.137. The molecule has 2 aromatic rings. The summed E-state index contributed by atoms with van der Waals surface area (Å²) < 4.78 is 12.2. The summed E-state index contributed by atoms with van der Waals surface area (Å²) in [5.41, 5.74) is 0.648. The predicted molar refractivity (Wildman–Crippen MR) is 96.4 cm³/mol. The standard InChI is InChI=1S/C18H18N4O6/c23-16-7-11(18(26)19-15-3-4-21(20-15)10-17(24)25)9-22(16)12-1-2-13-14(8-12)28-6-5-27-13/h1-4,8,11H,5-7,9-10H2,(H,24,25)(H,19,20,26). The zero-order valence-electron chi connectivity index (χ0n) is 14.8. The average molecular weight is 386 g/mol. The van der Waals surface area contributed by atoms with E-state index in [0.717, 1.165) is 0 Å². The number of nitrogens with zero attached hydrogens (tertiary/aromatic N) is 3. The summed E-state index contributed by atoms with van der Waals surface area (Å²) in [7, 11) is 0. The quantitative estimate of drug-likeness (QED) is 0.776. The Balaban J connectivity index is 1.42. The predicted octanol–water partition coefficient (Wildman–Crippen LogP) is 0.730. The highest BCUT2D eigenvalue weighted by Gasteiger charge is 2.35. The van der Waals surface area contributed by atoms with Gasteiger partial charge >= 0.3 is 5.97 Å². The number of aliphatic carboxylic acids is 1. The van der Waals surface area contributed by atoms with Gasteiger partial charge in [-0.2, -0.15) is 5.10 Å². The van der Waals surface area contributed by atoms with Gasteiger partial charge in [-0.3, -0.25) is 19.1 Å². The molecule has 2 aliphatic heterocycles. The number of fused-ring (bicyclic) bond motifs is 1. The lowest BCUT2D eigenvalue weighted by atomic mass is 10.1. The smallest absolute Gasteiger partial charge is 0.325 e. The van der Waals surface area contributed by atoms with Gasteiger partial charge in [0.2, 0.25) is 11.8 Å². The number of carboxylic acids is 1. The molecule has 2 aliphatic rings. The Labute approximate surface area is 159 Å². The first kappa shape index (κ1) is 17.8. The molecule has 3 heterocycles. The van der Waals surface area contributed by atoms with Crippen molar-refractivity contribution in [2.24, 2.45) is 5.92 Å². The van der Waals surface area contributed by atoms with Crippen molar-refractivity contribution >= 4 is 29.3 Å². The zero-order chi connectivity index (χ0) is 19.7.